The third kappa shape index (κ3) is 6.70. The van der Waals surface area contributed by atoms with Crippen molar-refractivity contribution in [3.05, 3.63) is 101 Å². The van der Waals surface area contributed by atoms with E-state index in [1.165, 1.54) is 0 Å². The fourth-order valence-corrected chi connectivity index (χ4v) is 10.3. The molecule has 0 aliphatic carbocycles. The predicted octanol–water partition coefficient (Wildman–Crippen LogP) is 9.39. The molecule has 0 saturated carbocycles. The minimum absolute atomic E-state index is 0.557. The third-order valence-corrected chi connectivity index (χ3v) is 12.8. The molecule has 0 atom stereocenters. The molecular formula is C32H38O2Si. The summed E-state index contributed by atoms with van der Waals surface area (Å²) in [7, 11) is -1.93. The average Bonchev–Trinajstić information content (AvgIpc) is 2.85. The molecule has 3 aromatic rings. The quantitative estimate of drug-likeness (QED) is 0.163. The largest absolute Gasteiger partial charge is 0.543 e. The van der Waals surface area contributed by atoms with Gasteiger partial charge in [-0.1, -0.05) is 120 Å². The molecule has 0 N–H and O–H groups in total. The van der Waals surface area contributed by atoms with Gasteiger partial charge < -0.3 is 4.43 Å². The first-order chi connectivity index (χ1) is 16.7. The summed E-state index contributed by atoms with van der Waals surface area (Å²) in [4.78, 5) is 10.9. The summed E-state index contributed by atoms with van der Waals surface area (Å²) in [5.41, 5.74) is 6.80. The lowest BCUT2D eigenvalue weighted by Crippen LogP contribution is -2.50. The Morgan fingerprint density at radius 2 is 0.971 bits per heavy atom. The Labute approximate surface area is 212 Å². The highest BCUT2D eigenvalue weighted by Crippen LogP contribution is 2.42. The van der Waals surface area contributed by atoms with E-state index in [1.54, 1.807) is 0 Å². The molecule has 0 saturated heterocycles. The molecule has 0 aliphatic heterocycles. The van der Waals surface area contributed by atoms with Crippen LogP contribution in [0.2, 0.25) is 16.6 Å². The van der Waals surface area contributed by atoms with Crippen molar-refractivity contribution in [2.45, 2.75) is 58.2 Å². The van der Waals surface area contributed by atoms with Crippen molar-refractivity contribution >= 4 is 38.9 Å². The molecule has 0 spiro atoms. The molecule has 2 nitrogen and oxygen atoms in total. The first-order valence-electron chi connectivity index (χ1n) is 12.5. The lowest BCUT2D eigenvalue weighted by Gasteiger charge is -2.42. The van der Waals surface area contributed by atoms with Gasteiger partial charge in [0, 0.05) is 5.56 Å². The van der Waals surface area contributed by atoms with E-state index in [0.717, 1.165) is 34.3 Å². The first-order valence-corrected chi connectivity index (χ1v) is 14.7. The van der Waals surface area contributed by atoms with Crippen LogP contribution in [0.5, 0.6) is 5.75 Å². The number of carbonyl (C=O) groups excluding carboxylic acids is 1. The van der Waals surface area contributed by atoms with Gasteiger partial charge in [-0.05, 0) is 57.1 Å². The van der Waals surface area contributed by atoms with E-state index in [2.05, 4.69) is 108 Å². The van der Waals surface area contributed by atoms with Crippen molar-refractivity contribution in [2.24, 2.45) is 0 Å². The second kappa shape index (κ2) is 12.0. The van der Waals surface area contributed by atoms with Gasteiger partial charge in [0.1, 0.15) is 12.0 Å². The van der Waals surface area contributed by atoms with Gasteiger partial charge >= 0.3 is 0 Å². The fourth-order valence-electron chi connectivity index (χ4n) is 5.04. The van der Waals surface area contributed by atoms with Gasteiger partial charge in [-0.15, -0.1) is 0 Å². The third-order valence-electron chi connectivity index (χ3n) is 6.80. The molecule has 182 valence electrons. The molecule has 0 aliphatic rings. The fraction of sp³-hybridized carbons (Fsp3) is 0.281. The Kier molecular flexibility index (Phi) is 9.05. The monoisotopic (exact) mass is 482 g/mol. The molecular weight excluding hydrogens is 444 g/mol. The predicted molar refractivity (Wildman–Crippen MR) is 154 cm³/mol. The van der Waals surface area contributed by atoms with Crippen LogP contribution in [0.25, 0.3) is 24.3 Å². The van der Waals surface area contributed by atoms with E-state index in [9.17, 15) is 4.79 Å². The summed E-state index contributed by atoms with van der Waals surface area (Å²) < 4.78 is 6.78. The van der Waals surface area contributed by atoms with Gasteiger partial charge in [0.2, 0.25) is 0 Å². The number of hydrogen-bond donors (Lipinski definition) is 0. The lowest BCUT2D eigenvalue weighted by molar-refractivity contribution is 0.112. The van der Waals surface area contributed by atoms with Crippen LogP contribution in [-0.4, -0.2) is 14.6 Å². The zero-order valence-corrected chi connectivity index (χ0v) is 22.9. The van der Waals surface area contributed by atoms with Crippen molar-refractivity contribution in [2.75, 3.05) is 0 Å². The second-order valence-electron chi connectivity index (χ2n) is 10.1. The van der Waals surface area contributed by atoms with E-state index in [4.69, 9.17) is 4.43 Å². The Morgan fingerprint density at radius 3 is 1.40 bits per heavy atom. The Hall–Kier alpha value is -3.17. The van der Waals surface area contributed by atoms with Crippen molar-refractivity contribution in [3.8, 4) is 5.75 Å². The molecule has 3 heteroatoms. The van der Waals surface area contributed by atoms with Crippen LogP contribution in [0, 0.1) is 0 Å². The van der Waals surface area contributed by atoms with E-state index in [-0.39, 0.29) is 0 Å². The summed E-state index contributed by atoms with van der Waals surface area (Å²) >= 11 is 0. The summed E-state index contributed by atoms with van der Waals surface area (Å²) in [6.07, 6.45) is 9.22. The summed E-state index contributed by atoms with van der Waals surface area (Å²) in [5, 5.41) is 0. The molecule has 0 fully saturated rings. The Morgan fingerprint density at radius 1 is 0.571 bits per heavy atom. The maximum atomic E-state index is 10.9. The standard InChI is InChI=1S/C32H38O2Si/c1-24(2)35(25(3)4,26(5)6)34-32-20-18-29(19-21-32)15-14-27-10-12-28(13-11-27)16-17-30-8-7-9-31(22-30)23-33/h7-26H,1-6H3/b15-14+,17-16+. The van der Waals surface area contributed by atoms with Crippen LogP contribution in [0.3, 0.4) is 0 Å². The van der Waals surface area contributed by atoms with Crippen LogP contribution < -0.4 is 4.43 Å². The molecule has 0 bridgehead atoms. The van der Waals surface area contributed by atoms with Gasteiger partial charge in [0.15, 0.2) is 0 Å². The summed E-state index contributed by atoms with van der Waals surface area (Å²) in [6, 6.07) is 24.5. The topological polar surface area (TPSA) is 26.3 Å². The van der Waals surface area contributed by atoms with Gasteiger partial charge in [0.05, 0.1) is 0 Å². The second-order valence-corrected chi connectivity index (χ2v) is 15.5. The lowest BCUT2D eigenvalue weighted by atomic mass is 10.1. The molecule has 3 aromatic carbocycles. The smallest absolute Gasteiger partial charge is 0.258 e. The van der Waals surface area contributed by atoms with Crippen LogP contribution in [0.1, 0.15) is 74.2 Å². The normalized spacial score (nSPS) is 12.4. The molecule has 0 radical (unpaired) electrons. The molecule has 3 rings (SSSR count). The Bertz CT molecular complexity index is 1130. The number of rotatable bonds is 10. The number of carbonyl (C=O) groups is 1. The van der Waals surface area contributed by atoms with Crippen LogP contribution in [0.4, 0.5) is 0 Å². The molecule has 0 heterocycles. The summed E-state index contributed by atoms with van der Waals surface area (Å²) in [6.45, 7) is 13.9. The van der Waals surface area contributed by atoms with E-state index < -0.39 is 8.32 Å². The van der Waals surface area contributed by atoms with Crippen molar-refractivity contribution in [1.29, 1.82) is 0 Å². The SMILES string of the molecule is CC(C)[Si](Oc1ccc(/C=C/c2ccc(/C=C/c3cccc(C=O)c3)cc2)cc1)(C(C)C)C(C)C. The van der Waals surface area contributed by atoms with Crippen LogP contribution in [-0.2, 0) is 0 Å². The molecule has 0 aromatic heterocycles. The Balaban J connectivity index is 1.66. The highest BCUT2D eigenvalue weighted by Gasteiger charge is 2.46. The van der Waals surface area contributed by atoms with Crippen molar-refractivity contribution in [3.63, 3.8) is 0 Å². The van der Waals surface area contributed by atoms with Crippen LogP contribution in [0.15, 0.2) is 72.8 Å². The number of hydrogen-bond acceptors (Lipinski definition) is 2. The first kappa shape index (κ1) is 26.4. The zero-order chi connectivity index (χ0) is 25.4. The minimum atomic E-state index is -1.93. The molecule has 35 heavy (non-hydrogen) atoms. The highest BCUT2D eigenvalue weighted by atomic mass is 28.4. The van der Waals surface area contributed by atoms with E-state index in [1.807, 2.05) is 30.3 Å². The molecule has 0 amide bonds. The van der Waals surface area contributed by atoms with E-state index >= 15 is 0 Å². The van der Waals surface area contributed by atoms with Crippen molar-refractivity contribution in [1.82, 2.24) is 0 Å². The highest BCUT2D eigenvalue weighted by molar-refractivity contribution is 6.78. The number of aldehydes is 1. The van der Waals surface area contributed by atoms with Gasteiger partial charge in [-0.25, -0.2) is 0 Å². The maximum Gasteiger partial charge on any atom is 0.258 e. The number of benzene rings is 3. The van der Waals surface area contributed by atoms with E-state index in [0.29, 0.717) is 22.2 Å². The van der Waals surface area contributed by atoms with Gasteiger partial charge in [-0.3, -0.25) is 4.79 Å². The van der Waals surface area contributed by atoms with Crippen LogP contribution >= 0.6 is 0 Å². The van der Waals surface area contributed by atoms with Crippen molar-refractivity contribution < 1.29 is 9.22 Å². The van der Waals surface area contributed by atoms with Gasteiger partial charge in [0.25, 0.3) is 8.32 Å². The zero-order valence-electron chi connectivity index (χ0n) is 21.9. The average molecular weight is 483 g/mol. The molecule has 0 unspecified atom stereocenters. The maximum absolute atomic E-state index is 10.9. The summed E-state index contributed by atoms with van der Waals surface area (Å²) in [5.74, 6) is 0.986. The minimum Gasteiger partial charge on any atom is -0.543 e. The van der Waals surface area contributed by atoms with Gasteiger partial charge in [-0.2, -0.15) is 0 Å².